The van der Waals surface area contributed by atoms with E-state index in [4.69, 9.17) is 4.74 Å². The first-order chi connectivity index (χ1) is 18.9. The molecule has 0 saturated carbocycles. The van der Waals surface area contributed by atoms with E-state index in [1.807, 2.05) is 20.8 Å². The molecule has 0 aliphatic carbocycles. The smallest absolute Gasteiger partial charge is 0.264 e. The van der Waals surface area contributed by atoms with Gasteiger partial charge in [-0.25, -0.2) is 12.8 Å². The van der Waals surface area contributed by atoms with Gasteiger partial charge in [-0.3, -0.25) is 13.9 Å². The molecule has 1 N–H and O–H groups in total. The Morgan fingerprint density at radius 1 is 0.925 bits per heavy atom. The number of amides is 2. The van der Waals surface area contributed by atoms with Crippen molar-refractivity contribution in [1.82, 2.24) is 10.2 Å². The van der Waals surface area contributed by atoms with Crippen LogP contribution in [0, 0.1) is 18.7 Å². The number of halogens is 1. The quantitative estimate of drug-likeness (QED) is 0.346. The average Bonchev–Trinajstić information content (AvgIpc) is 2.93. The van der Waals surface area contributed by atoms with Gasteiger partial charge in [-0.15, -0.1) is 0 Å². The number of carbonyl (C=O) groups excluding carboxylic acids is 2. The zero-order chi connectivity index (χ0) is 29.4. The number of aryl methyl sites for hydroxylation is 1. The Bertz CT molecular complexity index is 1390. The Balaban J connectivity index is 2.00. The van der Waals surface area contributed by atoms with Crippen molar-refractivity contribution in [2.75, 3.05) is 24.5 Å². The SMILES string of the molecule is COc1ccc(CN(C(=O)CN(c2ccc(C)cc2)S(=O)(=O)c2ccc(F)cc2)C(C)C(=O)NCC(C)C)cc1. The summed E-state index contributed by atoms with van der Waals surface area (Å²) in [6.45, 7) is 7.33. The Labute approximate surface area is 235 Å². The molecule has 3 aromatic rings. The maximum absolute atomic E-state index is 13.9. The summed E-state index contributed by atoms with van der Waals surface area (Å²) >= 11 is 0. The van der Waals surface area contributed by atoms with Crippen molar-refractivity contribution >= 4 is 27.5 Å². The monoisotopic (exact) mass is 569 g/mol. The van der Waals surface area contributed by atoms with Crippen molar-refractivity contribution in [2.45, 2.75) is 45.2 Å². The van der Waals surface area contributed by atoms with E-state index in [0.717, 1.165) is 39.7 Å². The molecule has 10 heteroatoms. The molecule has 0 fully saturated rings. The molecule has 8 nitrogen and oxygen atoms in total. The van der Waals surface area contributed by atoms with Crippen molar-refractivity contribution in [2.24, 2.45) is 5.92 Å². The third kappa shape index (κ3) is 7.81. The lowest BCUT2D eigenvalue weighted by Gasteiger charge is -2.32. The molecule has 1 unspecified atom stereocenters. The summed E-state index contributed by atoms with van der Waals surface area (Å²) in [5, 5.41) is 2.85. The second-order valence-electron chi connectivity index (χ2n) is 9.99. The summed E-state index contributed by atoms with van der Waals surface area (Å²) in [6.07, 6.45) is 0. The van der Waals surface area contributed by atoms with Gasteiger partial charge in [0.2, 0.25) is 11.8 Å². The van der Waals surface area contributed by atoms with Crippen LogP contribution in [0.1, 0.15) is 31.9 Å². The van der Waals surface area contributed by atoms with Gasteiger partial charge in [-0.05, 0) is 73.9 Å². The molecule has 3 aromatic carbocycles. The zero-order valence-electron chi connectivity index (χ0n) is 23.4. The largest absolute Gasteiger partial charge is 0.497 e. The molecule has 0 aromatic heterocycles. The number of ether oxygens (including phenoxy) is 1. The number of methoxy groups -OCH3 is 1. The molecule has 0 aliphatic heterocycles. The highest BCUT2D eigenvalue weighted by Crippen LogP contribution is 2.25. The van der Waals surface area contributed by atoms with Crippen LogP contribution < -0.4 is 14.4 Å². The molecule has 0 bridgehead atoms. The average molecular weight is 570 g/mol. The van der Waals surface area contributed by atoms with Crippen molar-refractivity contribution in [3.05, 3.63) is 89.7 Å². The van der Waals surface area contributed by atoms with Gasteiger partial charge >= 0.3 is 0 Å². The molecule has 1 atom stereocenters. The lowest BCUT2D eigenvalue weighted by Crippen LogP contribution is -2.51. The maximum atomic E-state index is 13.9. The van der Waals surface area contributed by atoms with Crippen LogP contribution in [-0.2, 0) is 26.2 Å². The molecule has 40 heavy (non-hydrogen) atoms. The molecule has 2 amide bonds. The lowest BCUT2D eigenvalue weighted by atomic mass is 10.1. The summed E-state index contributed by atoms with van der Waals surface area (Å²) in [6, 6.07) is 17.3. The number of hydrogen-bond donors (Lipinski definition) is 1. The number of benzene rings is 3. The van der Waals surface area contributed by atoms with Crippen molar-refractivity contribution in [3.8, 4) is 5.75 Å². The van der Waals surface area contributed by atoms with Crippen LogP contribution in [0.2, 0.25) is 0 Å². The van der Waals surface area contributed by atoms with Crippen molar-refractivity contribution < 1.29 is 27.1 Å². The van der Waals surface area contributed by atoms with Crippen LogP contribution in [0.15, 0.2) is 77.7 Å². The van der Waals surface area contributed by atoms with Crippen LogP contribution in [0.4, 0.5) is 10.1 Å². The first kappa shape index (κ1) is 30.6. The molecule has 214 valence electrons. The van der Waals surface area contributed by atoms with Gasteiger partial charge in [0.15, 0.2) is 0 Å². The van der Waals surface area contributed by atoms with E-state index < -0.39 is 34.3 Å². The Kier molecular flexibility index (Phi) is 10.3. The Hall–Kier alpha value is -3.92. The lowest BCUT2D eigenvalue weighted by molar-refractivity contribution is -0.139. The number of hydrogen-bond acceptors (Lipinski definition) is 5. The fourth-order valence-corrected chi connectivity index (χ4v) is 5.35. The highest BCUT2D eigenvalue weighted by molar-refractivity contribution is 7.92. The molecular formula is C30H36FN3O5S. The third-order valence-corrected chi connectivity index (χ3v) is 8.15. The van der Waals surface area contributed by atoms with Gasteiger partial charge in [-0.2, -0.15) is 0 Å². The predicted molar refractivity (Wildman–Crippen MR) is 153 cm³/mol. The first-order valence-electron chi connectivity index (χ1n) is 13.0. The van der Waals surface area contributed by atoms with Gasteiger partial charge < -0.3 is 15.0 Å². The van der Waals surface area contributed by atoms with E-state index in [9.17, 15) is 22.4 Å². The van der Waals surface area contributed by atoms with E-state index in [1.165, 1.54) is 4.90 Å². The third-order valence-electron chi connectivity index (χ3n) is 6.37. The number of rotatable bonds is 12. The van der Waals surface area contributed by atoms with Gasteiger partial charge in [0.25, 0.3) is 10.0 Å². The first-order valence-corrected chi connectivity index (χ1v) is 14.4. The van der Waals surface area contributed by atoms with E-state index in [-0.39, 0.29) is 29.0 Å². The predicted octanol–water partition coefficient (Wildman–Crippen LogP) is 4.53. The minimum absolute atomic E-state index is 0.0669. The summed E-state index contributed by atoms with van der Waals surface area (Å²) in [4.78, 5) is 28.1. The second kappa shape index (κ2) is 13.4. The van der Waals surface area contributed by atoms with Crippen molar-refractivity contribution in [1.29, 1.82) is 0 Å². The van der Waals surface area contributed by atoms with Crippen LogP contribution in [-0.4, -0.2) is 51.4 Å². The number of carbonyl (C=O) groups is 2. The van der Waals surface area contributed by atoms with Crippen LogP contribution in [0.3, 0.4) is 0 Å². The summed E-state index contributed by atoms with van der Waals surface area (Å²) in [7, 11) is -2.71. The van der Waals surface area contributed by atoms with E-state index >= 15 is 0 Å². The van der Waals surface area contributed by atoms with Crippen molar-refractivity contribution in [3.63, 3.8) is 0 Å². The molecule has 3 rings (SSSR count). The fraction of sp³-hybridized carbons (Fsp3) is 0.333. The second-order valence-corrected chi connectivity index (χ2v) is 11.8. The highest BCUT2D eigenvalue weighted by Gasteiger charge is 2.32. The van der Waals surface area contributed by atoms with Crippen LogP contribution in [0.25, 0.3) is 0 Å². The van der Waals surface area contributed by atoms with Gasteiger partial charge in [0, 0.05) is 13.1 Å². The molecule has 0 aliphatic rings. The molecule has 0 heterocycles. The Morgan fingerprint density at radius 2 is 1.52 bits per heavy atom. The molecule has 0 spiro atoms. The minimum atomic E-state index is -4.26. The summed E-state index contributed by atoms with van der Waals surface area (Å²) in [5.41, 5.74) is 1.91. The number of nitrogens with zero attached hydrogens (tertiary/aromatic N) is 2. The van der Waals surface area contributed by atoms with Gasteiger partial charge in [0.1, 0.15) is 24.2 Å². The topological polar surface area (TPSA) is 96.0 Å². The normalized spacial score (nSPS) is 12.1. The minimum Gasteiger partial charge on any atom is -0.497 e. The zero-order valence-corrected chi connectivity index (χ0v) is 24.2. The van der Waals surface area contributed by atoms with Crippen LogP contribution in [0.5, 0.6) is 5.75 Å². The standard InChI is InChI=1S/C30H36FN3O5S/c1-21(2)18-32-30(36)23(4)33(19-24-8-14-27(39-5)15-9-24)29(35)20-34(26-12-6-22(3)7-13-26)40(37,38)28-16-10-25(31)11-17-28/h6-17,21,23H,18-20H2,1-5H3,(H,32,36). The molecule has 0 saturated heterocycles. The van der Waals surface area contributed by atoms with Crippen LogP contribution >= 0.6 is 0 Å². The van der Waals surface area contributed by atoms with E-state index in [2.05, 4.69) is 5.32 Å². The number of nitrogens with one attached hydrogen (secondary N) is 1. The Morgan fingerprint density at radius 3 is 2.08 bits per heavy atom. The van der Waals surface area contributed by atoms with Gasteiger partial charge in [0.05, 0.1) is 17.7 Å². The fourth-order valence-electron chi connectivity index (χ4n) is 3.94. The van der Waals surface area contributed by atoms with E-state index in [1.54, 1.807) is 62.6 Å². The van der Waals surface area contributed by atoms with Gasteiger partial charge in [-0.1, -0.05) is 43.7 Å². The number of sulfonamides is 1. The summed E-state index contributed by atoms with van der Waals surface area (Å²) < 4.78 is 47.3. The van der Waals surface area contributed by atoms with E-state index in [0.29, 0.717) is 12.3 Å². The molecule has 0 radical (unpaired) electrons. The maximum Gasteiger partial charge on any atom is 0.264 e. The number of anilines is 1. The molecular weight excluding hydrogens is 533 g/mol. The summed E-state index contributed by atoms with van der Waals surface area (Å²) in [5.74, 6) is -0.656. The highest BCUT2D eigenvalue weighted by atomic mass is 32.2.